The van der Waals surface area contributed by atoms with E-state index in [2.05, 4.69) is 10.4 Å². The van der Waals surface area contributed by atoms with E-state index < -0.39 is 0 Å². The summed E-state index contributed by atoms with van der Waals surface area (Å²) in [5.41, 5.74) is 7.54. The molecule has 1 heterocycles. The maximum absolute atomic E-state index is 11.2. The number of carbonyl (C=O) groups excluding carboxylic acids is 1. The molecule has 102 valence electrons. The standard InChI is InChI=1S/C12H22N4O2/c1-5-18-9(17)6-7-14-12-10(13)11(8(2)3)15-16(12)4/h8,14H,5-7,13H2,1-4H3. The zero-order valence-corrected chi connectivity index (χ0v) is 11.5. The fourth-order valence-electron chi connectivity index (χ4n) is 1.71. The lowest BCUT2D eigenvalue weighted by Crippen LogP contribution is -2.13. The number of hydrogen-bond donors (Lipinski definition) is 2. The van der Waals surface area contributed by atoms with Crippen LogP contribution in [0.2, 0.25) is 0 Å². The fourth-order valence-corrected chi connectivity index (χ4v) is 1.71. The van der Waals surface area contributed by atoms with E-state index in [-0.39, 0.29) is 11.9 Å². The van der Waals surface area contributed by atoms with Gasteiger partial charge < -0.3 is 15.8 Å². The van der Waals surface area contributed by atoms with Crippen molar-refractivity contribution in [1.82, 2.24) is 9.78 Å². The number of nitrogen functional groups attached to an aromatic ring is 1. The smallest absolute Gasteiger partial charge is 0.307 e. The predicted molar refractivity (Wildman–Crippen MR) is 71.4 cm³/mol. The van der Waals surface area contributed by atoms with Crippen molar-refractivity contribution < 1.29 is 9.53 Å². The Kier molecular flexibility index (Phi) is 5.00. The van der Waals surface area contributed by atoms with E-state index in [1.54, 1.807) is 11.6 Å². The van der Waals surface area contributed by atoms with Gasteiger partial charge in [0.25, 0.3) is 0 Å². The summed E-state index contributed by atoms with van der Waals surface area (Å²) in [5, 5.41) is 7.48. The topological polar surface area (TPSA) is 82.2 Å². The molecule has 0 radical (unpaired) electrons. The average molecular weight is 254 g/mol. The highest BCUT2D eigenvalue weighted by atomic mass is 16.5. The Bertz CT molecular complexity index is 412. The highest BCUT2D eigenvalue weighted by molar-refractivity contribution is 5.71. The predicted octanol–water partition coefficient (Wildman–Crippen LogP) is 1.49. The summed E-state index contributed by atoms with van der Waals surface area (Å²) in [6.45, 7) is 6.77. The average Bonchev–Trinajstić information content (AvgIpc) is 2.57. The summed E-state index contributed by atoms with van der Waals surface area (Å²) < 4.78 is 6.56. The Hall–Kier alpha value is -1.72. The number of anilines is 2. The van der Waals surface area contributed by atoms with E-state index in [0.717, 1.165) is 11.5 Å². The quantitative estimate of drug-likeness (QED) is 0.752. The summed E-state index contributed by atoms with van der Waals surface area (Å²) in [7, 11) is 1.83. The van der Waals surface area contributed by atoms with Gasteiger partial charge in [-0.1, -0.05) is 13.8 Å². The van der Waals surface area contributed by atoms with E-state index in [0.29, 0.717) is 25.3 Å². The molecule has 0 spiro atoms. The summed E-state index contributed by atoms with van der Waals surface area (Å²) in [6, 6.07) is 0. The SMILES string of the molecule is CCOC(=O)CCNc1c(N)c(C(C)C)nn1C. The van der Waals surface area contributed by atoms with Crippen molar-refractivity contribution in [2.45, 2.75) is 33.1 Å². The van der Waals surface area contributed by atoms with Gasteiger partial charge in [0.05, 0.1) is 24.4 Å². The summed E-state index contributed by atoms with van der Waals surface area (Å²) in [5.74, 6) is 0.814. The molecule has 18 heavy (non-hydrogen) atoms. The van der Waals surface area contributed by atoms with Crippen LogP contribution in [0.1, 0.15) is 38.8 Å². The number of aryl methyl sites for hydroxylation is 1. The maximum Gasteiger partial charge on any atom is 0.307 e. The first-order valence-corrected chi connectivity index (χ1v) is 6.19. The van der Waals surface area contributed by atoms with Crippen molar-refractivity contribution in [2.75, 3.05) is 24.2 Å². The van der Waals surface area contributed by atoms with Crippen molar-refractivity contribution in [1.29, 1.82) is 0 Å². The van der Waals surface area contributed by atoms with E-state index in [1.165, 1.54) is 0 Å². The van der Waals surface area contributed by atoms with Crippen molar-refractivity contribution in [2.24, 2.45) is 7.05 Å². The van der Waals surface area contributed by atoms with E-state index in [1.807, 2.05) is 20.9 Å². The second-order valence-corrected chi connectivity index (χ2v) is 4.41. The van der Waals surface area contributed by atoms with Gasteiger partial charge in [-0.15, -0.1) is 0 Å². The Morgan fingerprint density at radius 3 is 2.72 bits per heavy atom. The van der Waals surface area contributed by atoms with Crippen LogP contribution in [-0.2, 0) is 16.6 Å². The van der Waals surface area contributed by atoms with Gasteiger partial charge in [-0.3, -0.25) is 9.48 Å². The second kappa shape index (κ2) is 6.28. The van der Waals surface area contributed by atoms with Gasteiger partial charge in [-0.2, -0.15) is 5.10 Å². The molecule has 6 heteroatoms. The molecule has 1 rings (SSSR count). The molecule has 6 nitrogen and oxygen atoms in total. The van der Waals surface area contributed by atoms with Crippen molar-refractivity contribution in [3.05, 3.63) is 5.69 Å². The molecule has 0 bridgehead atoms. The summed E-state index contributed by atoms with van der Waals surface area (Å²) >= 11 is 0. The molecule has 3 N–H and O–H groups in total. The Labute approximate surface area is 107 Å². The molecule has 0 amide bonds. The van der Waals surface area contributed by atoms with Gasteiger partial charge in [0.2, 0.25) is 0 Å². The lowest BCUT2D eigenvalue weighted by molar-refractivity contribution is -0.142. The molecule has 0 aliphatic heterocycles. The van der Waals surface area contributed by atoms with Crippen LogP contribution >= 0.6 is 0 Å². The maximum atomic E-state index is 11.2. The third-order valence-electron chi connectivity index (χ3n) is 2.59. The fraction of sp³-hybridized carbons (Fsp3) is 0.667. The van der Waals surface area contributed by atoms with Gasteiger partial charge in [0.1, 0.15) is 5.82 Å². The van der Waals surface area contributed by atoms with Crippen LogP contribution in [0, 0.1) is 0 Å². The van der Waals surface area contributed by atoms with Crippen LogP contribution in [0.15, 0.2) is 0 Å². The monoisotopic (exact) mass is 254 g/mol. The molecule has 0 aliphatic rings. The largest absolute Gasteiger partial charge is 0.466 e. The number of esters is 1. The normalized spacial score (nSPS) is 10.7. The number of nitrogens with one attached hydrogen (secondary N) is 1. The lowest BCUT2D eigenvalue weighted by Gasteiger charge is -2.07. The minimum atomic E-state index is -0.213. The number of nitrogens with zero attached hydrogens (tertiary/aromatic N) is 2. The van der Waals surface area contributed by atoms with Gasteiger partial charge in [0, 0.05) is 13.6 Å². The number of rotatable bonds is 6. The highest BCUT2D eigenvalue weighted by Gasteiger charge is 2.15. The highest BCUT2D eigenvalue weighted by Crippen LogP contribution is 2.27. The number of hydrogen-bond acceptors (Lipinski definition) is 5. The molecule has 0 saturated carbocycles. The first kappa shape index (κ1) is 14.3. The van der Waals surface area contributed by atoms with Crippen LogP contribution < -0.4 is 11.1 Å². The zero-order chi connectivity index (χ0) is 13.7. The number of ether oxygens (including phenoxy) is 1. The minimum Gasteiger partial charge on any atom is -0.466 e. The van der Waals surface area contributed by atoms with Crippen LogP contribution in [0.25, 0.3) is 0 Å². The van der Waals surface area contributed by atoms with Crippen LogP contribution in [-0.4, -0.2) is 28.9 Å². The molecule has 1 aromatic rings. The molecule has 0 aromatic carbocycles. The molecule has 0 saturated heterocycles. The number of aromatic nitrogens is 2. The third-order valence-corrected chi connectivity index (χ3v) is 2.59. The van der Waals surface area contributed by atoms with Crippen LogP contribution in [0.4, 0.5) is 11.5 Å². The lowest BCUT2D eigenvalue weighted by atomic mass is 10.1. The second-order valence-electron chi connectivity index (χ2n) is 4.41. The molecular formula is C12H22N4O2. The van der Waals surface area contributed by atoms with E-state index in [9.17, 15) is 4.79 Å². The third kappa shape index (κ3) is 3.38. The Morgan fingerprint density at radius 1 is 1.56 bits per heavy atom. The summed E-state index contributed by atoms with van der Waals surface area (Å²) in [6.07, 6.45) is 0.315. The molecule has 0 unspecified atom stereocenters. The molecule has 1 aromatic heterocycles. The first-order chi connectivity index (χ1) is 8.47. The van der Waals surface area contributed by atoms with Gasteiger partial charge in [-0.25, -0.2) is 0 Å². The van der Waals surface area contributed by atoms with Gasteiger partial charge in [0.15, 0.2) is 0 Å². The number of nitrogens with two attached hydrogens (primary N) is 1. The van der Waals surface area contributed by atoms with Crippen molar-refractivity contribution in [3.8, 4) is 0 Å². The minimum absolute atomic E-state index is 0.213. The first-order valence-electron chi connectivity index (χ1n) is 6.19. The van der Waals surface area contributed by atoms with Crippen LogP contribution in [0.5, 0.6) is 0 Å². The number of carbonyl (C=O) groups is 1. The Balaban J connectivity index is 2.60. The van der Waals surface area contributed by atoms with Gasteiger partial charge in [-0.05, 0) is 12.8 Å². The molecule has 0 aliphatic carbocycles. The molecule has 0 fully saturated rings. The Morgan fingerprint density at radius 2 is 2.22 bits per heavy atom. The molecule has 0 atom stereocenters. The van der Waals surface area contributed by atoms with Crippen LogP contribution in [0.3, 0.4) is 0 Å². The van der Waals surface area contributed by atoms with Crippen molar-refractivity contribution in [3.63, 3.8) is 0 Å². The van der Waals surface area contributed by atoms with E-state index in [4.69, 9.17) is 10.5 Å². The van der Waals surface area contributed by atoms with Crippen molar-refractivity contribution >= 4 is 17.5 Å². The van der Waals surface area contributed by atoms with E-state index >= 15 is 0 Å². The zero-order valence-electron chi connectivity index (χ0n) is 11.5. The van der Waals surface area contributed by atoms with Gasteiger partial charge >= 0.3 is 5.97 Å². The molecular weight excluding hydrogens is 232 g/mol. The summed E-state index contributed by atoms with van der Waals surface area (Å²) in [4.78, 5) is 11.2.